The number of rotatable bonds is 2. The number of carboxylic acids is 1. The van der Waals surface area contributed by atoms with Crippen LogP contribution in [0.4, 0.5) is 0 Å². The number of aryl methyl sites for hydroxylation is 1. The van der Waals surface area contributed by atoms with Gasteiger partial charge in [0.2, 0.25) is 0 Å². The first-order valence-corrected chi connectivity index (χ1v) is 5.13. The van der Waals surface area contributed by atoms with Crippen molar-refractivity contribution in [1.82, 2.24) is 19.8 Å². The van der Waals surface area contributed by atoms with Crippen LogP contribution in [0.1, 0.15) is 40.6 Å². The highest BCUT2D eigenvalue weighted by Crippen LogP contribution is 2.40. The molecule has 2 aromatic heterocycles. The lowest BCUT2D eigenvalue weighted by Crippen LogP contribution is -2.08. The third-order valence-corrected chi connectivity index (χ3v) is 2.71. The van der Waals surface area contributed by atoms with E-state index in [-0.39, 0.29) is 5.69 Å². The predicted molar refractivity (Wildman–Crippen MR) is 54.5 cm³/mol. The largest absolute Gasteiger partial charge is 0.477 e. The van der Waals surface area contributed by atoms with E-state index in [1.807, 2.05) is 0 Å². The number of aromatic carboxylic acids is 1. The molecule has 0 aliphatic heterocycles. The van der Waals surface area contributed by atoms with E-state index >= 15 is 0 Å². The zero-order chi connectivity index (χ0) is 11.3. The van der Waals surface area contributed by atoms with Crippen molar-refractivity contribution in [3.8, 4) is 0 Å². The van der Waals surface area contributed by atoms with Gasteiger partial charge in [0.15, 0.2) is 11.3 Å². The average molecular weight is 218 g/mol. The molecule has 1 saturated carbocycles. The monoisotopic (exact) mass is 218 g/mol. The summed E-state index contributed by atoms with van der Waals surface area (Å²) in [6, 6.07) is 1.50. The Labute approximate surface area is 90.9 Å². The van der Waals surface area contributed by atoms with Gasteiger partial charge in [0.1, 0.15) is 5.69 Å². The first-order valence-electron chi connectivity index (χ1n) is 5.13. The van der Waals surface area contributed by atoms with E-state index in [1.54, 1.807) is 6.92 Å². The molecule has 0 unspecified atom stereocenters. The van der Waals surface area contributed by atoms with Crippen LogP contribution in [0, 0.1) is 6.92 Å². The Morgan fingerprint density at radius 1 is 1.56 bits per heavy atom. The van der Waals surface area contributed by atoms with Crippen molar-refractivity contribution in [1.29, 1.82) is 0 Å². The molecule has 6 nitrogen and oxygen atoms in total. The first-order chi connectivity index (χ1) is 7.66. The van der Waals surface area contributed by atoms with Gasteiger partial charge in [-0.15, -0.1) is 5.10 Å². The summed E-state index contributed by atoms with van der Waals surface area (Å²) in [5.41, 5.74) is 2.20. The molecule has 6 heteroatoms. The summed E-state index contributed by atoms with van der Waals surface area (Å²) in [4.78, 5) is 15.4. The molecule has 0 amide bonds. The average Bonchev–Trinajstić information content (AvgIpc) is 2.98. The lowest BCUT2D eigenvalue weighted by atomic mass is 10.3. The topological polar surface area (TPSA) is 80.4 Å². The molecule has 0 saturated heterocycles. The molecule has 1 aliphatic carbocycles. The number of carboxylic acid groups (broad SMARTS) is 1. The molecule has 0 aromatic carbocycles. The van der Waals surface area contributed by atoms with E-state index in [0.29, 0.717) is 17.3 Å². The maximum atomic E-state index is 11.0. The van der Waals surface area contributed by atoms with Crippen LogP contribution in [0.2, 0.25) is 0 Å². The van der Waals surface area contributed by atoms with Crippen LogP contribution in [-0.4, -0.2) is 30.9 Å². The lowest BCUT2D eigenvalue weighted by molar-refractivity contribution is 0.0686. The molecule has 82 valence electrons. The van der Waals surface area contributed by atoms with Crippen molar-refractivity contribution >= 4 is 11.6 Å². The van der Waals surface area contributed by atoms with Crippen molar-refractivity contribution in [3.63, 3.8) is 0 Å². The number of fused-ring (bicyclic) bond motifs is 1. The molecular weight excluding hydrogens is 208 g/mol. The van der Waals surface area contributed by atoms with Crippen molar-refractivity contribution in [3.05, 3.63) is 23.1 Å². The molecule has 1 fully saturated rings. The van der Waals surface area contributed by atoms with Gasteiger partial charge in [0.25, 0.3) is 0 Å². The Morgan fingerprint density at radius 3 is 2.94 bits per heavy atom. The fourth-order valence-electron chi connectivity index (χ4n) is 1.79. The van der Waals surface area contributed by atoms with E-state index in [0.717, 1.165) is 18.5 Å². The van der Waals surface area contributed by atoms with Crippen LogP contribution in [0.5, 0.6) is 0 Å². The summed E-state index contributed by atoms with van der Waals surface area (Å²) in [5.74, 6) is -0.601. The summed E-state index contributed by atoms with van der Waals surface area (Å²) in [6.45, 7) is 1.77. The first kappa shape index (κ1) is 9.26. The second-order valence-corrected chi connectivity index (χ2v) is 4.07. The maximum absolute atomic E-state index is 11.0. The Morgan fingerprint density at radius 2 is 2.31 bits per heavy atom. The summed E-state index contributed by atoms with van der Waals surface area (Å²) >= 11 is 0. The standard InChI is InChI=1S/C10H10N4O2/c1-5-4-7(10(15)16)14-9(11-5)8(12-13-14)6-2-3-6/h4,6H,2-3H2,1H3,(H,15,16). The van der Waals surface area contributed by atoms with Crippen molar-refractivity contribution < 1.29 is 9.90 Å². The van der Waals surface area contributed by atoms with Crippen molar-refractivity contribution in [2.24, 2.45) is 0 Å². The third kappa shape index (κ3) is 1.26. The van der Waals surface area contributed by atoms with Crippen LogP contribution in [-0.2, 0) is 0 Å². The number of aromatic nitrogens is 4. The van der Waals surface area contributed by atoms with E-state index in [1.165, 1.54) is 10.6 Å². The van der Waals surface area contributed by atoms with Crippen molar-refractivity contribution in [2.45, 2.75) is 25.7 Å². The van der Waals surface area contributed by atoms with E-state index in [9.17, 15) is 4.79 Å². The summed E-state index contributed by atoms with van der Waals surface area (Å²) in [6.07, 6.45) is 2.18. The number of hydrogen-bond acceptors (Lipinski definition) is 4. The van der Waals surface area contributed by atoms with Crippen LogP contribution in [0.3, 0.4) is 0 Å². The second kappa shape index (κ2) is 3.01. The molecule has 0 spiro atoms. The Hall–Kier alpha value is -1.98. The third-order valence-electron chi connectivity index (χ3n) is 2.71. The fraction of sp³-hybridized carbons (Fsp3) is 0.400. The van der Waals surface area contributed by atoms with Gasteiger partial charge in [0.05, 0.1) is 0 Å². The molecule has 1 aliphatic rings. The van der Waals surface area contributed by atoms with Gasteiger partial charge in [-0.1, -0.05) is 5.21 Å². The zero-order valence-corrected chi connectivity index (χ0v) is 8.71. The number of hydrogen-bond donors (Lipinski definition) is 1. The molecule has 0 bridgehead atoms. The fourth-order valence-corrected chi connectivity index (χ4v) is 1.79. The summed E-state index contributed by atoms with van der Waals surface area (Å²) in [7, 11) is 0. The predicted octanol–water partition coefficient (Wildman–Crippen LogP) is 1.01. The van der Waals surface area contributed by atoms with E-state index in [2.05, 4.69) is 15.3 Å². The Bertz CT molecular complexity index is 586. The van der Waals surface area contributed by atoms with Crippen molar-refractivity contribution in [2.75, 3.05) is 0 Å². The molecule has 0 atom stereocenters. The molecule has 2 aromatic rings. The smallest absolute Gasteiger partial charge is 0.354 e. The highest BCUT2D eigenvalue weighted by Gasteiger charge is 2.30. The van der Waals surface area contributed by atoms with Crippen LogP contribution >= 0.6 is 0 Å². The lowest BCUT2D eigenvalue weighted by Gasteiger charge is -2.00. The van der Waals surface area contributed by atoms with Gasteiger partial charge in [-0.25, -0.2) is 9.78 Å². The highest BCUT2D eigenvalue weighted by atomic mass is 16.4. The molecule has 0 radical (unpaired) electrons. The normalized spacial score (nSPS) is 15.6. The molecular formula is C10H10N4O2. The SMILES string of the molecule is Cc1cc(C(=O)O)n2nnc(C3CC3)c2n1. The van der Waals surface area contributed by atoms with E-state index in [4.69, 9.17) is 5.11 Å². The quantitative estimate of drug-likeness (QED) is 0.813. The number of nitrogens with zero attached hydrogens (tertiary/aromatic N) is 4. The summed E-state index contributed by atoms with van der Waals surface area (Å²) in [5, 5.41) is 16.9. The van der Waals surface area contributed by atoms with Gasteiger partial charge >= 0.3 is 5.97 Å². The number of carbonyl (C=O) groups is 1. The molecule has 3 rings (SSSR count). The zero-order valence-electron chi connectivity index (χ0n) is 8.71. The molecule has 1 N–H and O–H groups in total. The maximum Gasteiger partial charge on any atom is 0.354 e. The van der Waals surface area contributed by atoms with Crippen LogP contribution in [0.25, 0.3) is 5.65 Å². The minimum absolute atomic E-state index is 0.113. The minimum Gasteiger partial charge on any atom is -0.477 e. The van der Waals surface area contributed by atoms with Crippen LogP contribution < -0.4 is 0 Å². The molecule has 16 heavy (non-hydrogen) atoms. The van der Waals surface area contributed by atoms with Crippen LogP contribution in [0.15, 0.2) is 6.07 Å². The van der Waals surface area contributed by atoms with Gasteiger partial charge < -0.3 is 5.11 Å². The minimum atomic E-state index is -1.01. The Kier molecular flexibility index (Phi) is 1.74. The van der Waals surface area contributed by atoms with Gasteiger partial charge in [-0.05, 0) is 25.8 Å². The van der Waals surface area contributed by atoms with E-state index < -0.39 is 5.97 Å². The second-order valence-electron chi connectivity index (χ2n) is 4.07. The Balaban J connectivity index is 2.31. The highest BCUT2D eigenvalue weighted by molar-refractivity contribution is 5.86. The molecule has 2 heterocycles. The van der Waals surface area contributed by atoms with Gasteiger partial charge in [-0.2, -0.15) is 4.52 Å². The summed E-state index contributed by atoms with van der Waals surface area (Å²) < 4.78 is 1.31. The van der Waals surface area contributed by atoms with Gasteiger partial charge in [0, 0.05) is 11.6 Å². The van der Waals surface area contributed by atoms with Gasteiger partial charge in [-0.3, -0.25) is 0 Å².